The molecule has 202 valence electrons. The van der Waals surface area contributed by atoms with E-state index in [1.165, 1.54) is 18.4 Å². The largest absolute Gasteiger partial charge is 0.481 e. The van der Waals surface area contributed by atoms with Gasteiger partial charge in [0, 0.05) is 11.8 Å². The van der Waals surface area contributed by atoms with Gasteiger partial charge in [-0.05, 0) is 86.5 Å². The molecule has 0 aliphatic heterocycles. The van der Waals surface area contributed by atoms with Crippen LogP contribution in [0.4, 0.5) is 0 Å². The number of hydrogen-bond acceptors (Lipinski definition) is 6. The molecule has 5 rings (SSSR count). The van der Waals surface area contributed by atoms with Gasteiger partial charge in [-0.3, -0.25) is 14.4 Å². The van der Waals surface area contributed by atoms with Crippen LogP contribution in [-0.2, 0) is 14.4 Å². The van der Waals surface area contributed by atoms with Crippen molar-refractivity contribution in [3.63, 3.8) is 0 Å². The van der Waals surface area contributed by atoms with Crippen LogP contribution < -0.4 is 0 Å². The predicted octanol–water partition coefficient (Wildman–Crippen LogP) is 3.68. The van der Waals surface area contributed by atoms with E-state index in [9.17, 15) is 29.7 Å². The summed E-state index contributed by atoms with van der Waals surface area (Å²) in [5.41, 5.74) is -1.23. The number of fused-ring (bicyclic) bond motifs is 5. The quantitative estimate of drug-likeness (QED) is 0.459. The van der Waals surface area contributed by atoms with Gasteiger partial charge in [-0.1, -0.05) is 39.2 Å². The van der Waals surface area contributed by atoms with Gasteiger partial charge in [-0.2, -0.15) is 0 Å². The van der Waals surface area contributed by atoms with Gasteiger partial charge in [-0.15, -0.1) is 0 Å². The molecule has 7 heteroatoms. The Kier molecular flexibility index (Phi) is 7.59. The molecule has 0 amide bonds. The highest BCUT2D eigenvalue weighted by atomic mass is 16.4. The highest BCUT2D eigenvalue weighted by molar-refractivity contribution is 5.91. The maximum Gasteiger partial charge on any atom is 0.306 e. The van der Waals surface area contributed by atoms with Gasteiger partial charge < -0.3 is 20.4 Å². The molecule has 0 aromatic heterocycles. The number of allylic oxidation sites excluding steroid dienone is 1. The minimum absolute atomic E-state index is 0.0697. The third-order valence-corrected chi connectivity index (χ3v) is 11.1. The van der Waals surface area contributed by atoms with E-state index in [4.69, 9.17) is 5.11 Å². The number of aliphatic carboxylic acids is 1. The topological polar surface area (TPSA) is 132 Å². The molecule has 0 spiro atoms. The Labute approximate surface area is 214 Å². The molecule has 4 saturated carbocycles. The second kappa shape index (κ2) is 9.95. The summed E-state index contributed by atoms with van der Waals surface area (Å²) in [4.78, 5) is 34.7. The monoisotopic (exact) mass is 504 g/mol. The second-order valence-electron chi connectivity index (χ2n) is 12.7. The van der Waals surface area contributed by atoms with Crippen molar-refractivity contribution in [3.8, 4) is 0 Å². The van der Waals surface area contributed by atoms with Gasteiger partial charge in [0.15, 0.2) is 11.6 Å². The van der Waals surface area contributed by atoms with E-state index >= 15 is 0 Å². The Morgan fingerprint density at radius 3 is 2.36 bits per heavy atom. The number of carboxylic acids is 1. The van der Waals surface area contributed by atoms with E-state index in [0.717, 1.165) is 38.5 Å². The van der Waals surface area contributed by atoms with Crippen LogP contribution in [0.15, 0.2) is 11.6 Å². The van der Waals surface area contributed by atoms with Crippen LogP contribution in [-0.4, -0.2) is 56.3 Å². The molecule has 4 N–H and O–H groups in total. The number of hydrogen-bond donors (Lipinski definition) is 4. The zero-order valence-electron chi connectivity index (χ0n) is 22.0. The molecule has 7 nitrogen and oxygen atoms in total. The van der Waals surface area contributed by atoms with Gasteiger partial charge in [0.1, 0.15) is 12.2 Å². The first-order chi connectivity index (χ1) is 16.9. The van der Waals surface area contributed by atoms with Crippen LogP contribution in [0.5, 0.6) is 0 Å². The average molecular weight is 505 g/mol. The first-order valence-corrected chi connectivity index (χ1v) is 13.9. The highest BCUT2D eigenvalue weighted by Gasteiger charge is 2.68. The van der Waals surface area contributed by atoms with E-state index in [2.05, 4.69) is 6.92 Å². The van der Waals surface area contributed by atoms with Crippen molar-refractivity contribution in [1.29, 1.82) is 0 Å². The lowest BCUT2D eigenvalue weighted by atomic mass is 9.45. The van der Waals surface area contributed by atoms with Crippen LogP contribution in [0.2, 0.25) is 0 Å². The Balaban J connectivity index is 0.000000256. The minimum Gasteiger partial charge on any atom is -0.481 e. The van der Waals surface area contributed by atoms with Crippen molar-refractivity contribution >= 4 is 17.5 Å². The molecule has 0 bridgehead atoms. The molecule has 4 fully saturated rings. The van der Waals surface area contributed by atoms with Gasteiger partial charge >= 0.3 is 5.97 Å². The molecule has 5 aliphatic rings. The van der Waals surface area contributed by atoms with Crippen LogP contribution in [0.3, 0.4) is 0 Å². The maximum atomic E-state index is 12.4. The van der Waals surface area contributed by atoms with Crippen molar-refractivity contribution in [2.45, 2.75) is 103 Å². The summed E-state index contributed by atoms with van der Waals surface area (Å²) >= 11 is 0. The smallest absolute Gasteiger partial charge is 0.306 e. The Morgan fingerprint density at radius 1 is 1.08 bits per heavy atom. The minimum atomic E-state index is -1.54. The zero-order valence-corrected chi connectivity index (χ0v) is 22.0. The van der Waals surface area contributed by atoms with E-state index in [0.29, 0.717) is 25.2 Å². The van der Waals surface area contributed by atoms with Crippen molar-refractivity contribution in [2.24, 2.45) is 40.4 Å². The highest BCUT2D eigenvalue weighted by Crippen LogP contribution is 2.67. The average Bonchev–Trinajstić information content (AvgIpc) is 3.46. The molecule has 36 heavy (non-hydrogen) atoms. The number of aliphatic hydroxyl groups is 3. The first kappa shape index (κ1) is 27.5. The van der Waals surface area contributed by atoms with Crippen molar-refractivity contribution in [3.05, 3.63) is 11.6 Å². The number of carbonyl (C=O) groups is 3. The summed E-state index contributed by atoms with van der Waals surface area (Å²) < 4.78 is 0. The summed E-state index contributed by atoms with van der Waals surface area (Å²) in [5, 5.41) is 40.4. The predicted molar refractivity (Wildman–Crippen MR) is 134 cm³/mol. The Hall–Kier alpha value is -1.57. The number of carbonyl (C=O) groups excluding carboxylic acids is 2. The van der Waals surface area contributed by atoms with E-state index in [1.54, 1.807) is 6.08 Å². The van der Waals surface area contributed by atoms with Crippen LogP contribution >= 0.6 is 0 Å². The summed E-state index contributed by atoms with van der Waals surface area (Å²) in [7, 11) is 0. The van der Waals surface area contributed by atoms with Crippen molar-refractivity contribution < 1.29 is 34.8 Å². The van der Waals surface area contributed by atoms with Crippen LogP contribution in [0.25, 0.3) is 0 Å². The number of ketones is 2. The SMILES string of the molecule is CC(C(=O)O)C1CCCC1.C[C@]12CCC(=O)C=C1CC[C@@H]1[C@@H]2[C@@H](O)C[C@@]2(C)[C@H]1CC[C@]2(O)C(=O)CO. The number of aliphatic hydroxyl groups excluding tert-OH is 2. The fourth-order valence-corrected chi connectivity index (χ4v) is 8.94. The number of carboxylic acid groups (broad SMARTS) is 1. The fraction of sp³-hybridized carbons (Fsp3) is 0.828. The second-order valence-corrected chi connectivity index (χ2v) is 12.7. The molecule has 0 radical (unpaired) electrons. The standard InChI is InChI=1S/C21H30O5.C8H14O2/c1-19-7-5-13(23)9-12(19)3-4-14-15-6-8-21(26,17(25)11-22)20(15,2)10-16(24)18(14)19;1-6(8(9)10)7-4-2-3-5-7/h9,14-16,18,22,24,26H,3-8,10-11H2,1-2H3;6-7H,2-5H2,1H3,(H,9,10)/t14-,15-,16-,18+,19-,20-,21-;/m0./s1. The zero-order chi connectivity index (χ0) is 26.5. The summed E-state index contributed by atoms with van der Waals surface area (Å²) in [6.45, 7) is 5.28. The van der Waals surface area contributed by atoms with Gasteiger partial charge in [-0.25, -0.2) is 0 Å². The summed E-state index contributed by atoms with van der Waals surface area (Å²) in [6, 6.07) is 0. The van der Waals surface area contributed by atoms with Gasteiger partial charge in [0.05, 0.1) is 12.0 Å². The van der Waals surface area contributed by atoms with Crippen LogP contribution in [0, 0.1) is 40.4 Å². The molecular weight excluding hydrogens is 460 g/mol. The van der Waals surface area contributed by atoms with Crippen molar-refractivity contribution in [1.82, 2.24) is 0 Å². The molecule has 0 aromatic carbocycles. The molecule has 8 atom stereocenters. The first-order valence-electron chi connectivity index (χ1n) is 13.9. The molecule has 1 unspecified atom stereocenters. The molecular formula is C29H44O7. The maximum absolute atomic E-state index is 12.4. The lowest BCUT2D eigenvalue weighted by Gasteiger charge is -2.60. The molecule has 5 aliphatic carbocycles. The van der Waals surface area contributed by atoms with E-state index < -0.39 is 35.5 Å². The molecule has 0 saturated heterocycles. The van der Waals surface area contributed by atoms with Gasteiger partial charge in [0.2, 0.25) is 0 Å². The summed E-state index contributed by atoms with van der Waals surface area (Å²) in [5.74, 6) is -0.159. The molecule has 0 aromatic rings. The number of rotatable bonds is 4. The molecule has 0 heterocycles. The number of Topliss-reactive ketones (excluding diaryl/α,β-unsaturated/α-hetero) is 1. The Bertz CT molecular complexity index is 921. The summed E-state index contributed by atoms with van der Waals surface area (Å²) in [6.07, 6.45) is 10.4. The van der Waals surface area contributed by atoms with Crippen molar-refractivity contribution in [2.75, 3.05) is 6.61 Å². The third kappa shape index (κ3) is 4.29. The van der Waals surface area contributed by atoms with E-state index in [1.807, 2.05) is 13.8 Å². The van der Waals surface area contributed by atoms with Crippen LogP contribution in [0.1, 0.15) is 91.4 Å². The lowest BCUT2D eigenvalue weighted by Crippen LogP contribution is -2.62. The Morgan fingerprint density at radius 2 is 1.75 bits per heavy atom. The van der Waals surface area contributed by atoms with Gasteiger partial charge in [0.25, 0.3) is 0 Å². The third-order valence-electron chi connectivity index (χ3n) is 11.1. The van der Waals surface area contributed by atoms with E-state index in [-0.39, 0.29) is 34.9 Å². The normalized spacial score (nSPS) is 42.8. The lowest BCUT2D eigenvalue weighted by molar-refractivity contribution is -0.182. The fourth-order valence-electron chi connectivity index (χ4n) is 8.94.